The summed E-state index contributed by atoms with van der Waals surface area (Å²) < 4.78 is 14.0. The van der Waals surface area contributed by atoms with E-state index in [1.54, 1.807) is 12.1 Å². The molecule has 2 aliphatic carbocycles. The Balaban J connectivity index is 0.000000556. The van der Waals surface area contributed by atoms with E-state index in [2.05, 4.69) is 200 Å². The van der Waals surface area contributed by atoms with Gasteiger partial charge in [-0.1, -0.05) is 450 Å². The van der Waals surface area contributed by atoms with E-state index in [4.69, 9.17) is 0 Å². The number of aliphatic hydroxyl groups is 11. The third-order valence-electron chi connectivity index (χ3n) is 29.4. The van der Waals surface area contributed by atoms with Crippen molar-refractivity contribution in [1.82, 2.24) is 0 Å². The number of hydrogen-bond acceptors (Lipinski definition) is 11. The molecule has 12 heteroatoms. The summed E-state index contributed by atoms with van der Waals surface area (Å²) in [4.78, 5) is 0. The van der Waals surface area contributed by atoms with Crippen LogP contribution in [0.2, 0.25) is 0 Å². The fraction of sp³-hybridized carbons (Fsp3) is 0.674. The Bertz CT molecular complexity index is 4080. The minimum Gasteiger partial charge on any atom is -0.390 e. The van der Waals surface area contributed by atoms with Crippen LogP contribution in [0.3, 0.4) is 0 Å². The van der Waals surface area contributed by atoms with Gasteiger partial charge in [0.2, 0.25) is 0 Å². The van der Waals surface area contributed by atoms with Gasteiger partial charge in [-0.2, -0.15) is 0 Å². The van der Waals surface area contributed by atoms with Crippen LogP contribution in [0.15, 0.2) is 164 Å². The van der Waals surface area contributed by atoms with Gasteiger partial charge in [-0.15, -0.1) is 0 Å². The molecular weight excluding hydrogens is 1740 g/mol. The van der Waals surface area contributed by atoms with Gasteiger partial charge >= 0.3 is 0 Å². The van der Waals surface area contributed by atoms with Crippen molar-refractivity contribution in [3.05, 3.63) is 247 Å². The summed E-state index contributed by atoms with van der Waals surface area (Å²) in [5.41, 5.74) is 13.1. The third kappa shape index (κ3) is 56.1. The van der Waals surface area contributed by atoms with Crippen molar-refractivity contribution in [3.63, 3.8) is 0 Å². The molecule has 7 aromatic rings. The highest BCUT2D eigenvalue weighted by Crippen LogP contribution is 2.36. The lowest BCUT2D eigenvalue weighted by Crippen LogP contribution is -2.29. The highest BCUT2D eigenvalue weighted by Gasteiger charge is 2.29. The van der Waals surface area contributed by atoms with Gasteiger partial charge in [-0.25, -0.2) is 4.39 Å². The van der Waals surface area contributed by atoms with Crippen LogP contribution in [0.4, 0.5) is 4.39 Å². The predicted molar refractivity (Wildman–Crippen MR) is 601 cm³/mol. The van der Waals surface area contributed by atoms with Crippen molar-refractivity contribution in [2.75, 3.05) is 0 Å². The van der Waals surface area contributed by atoms with Crippen LogP contribution >= 0.6 is 0 Å². The smallest absolute Gasteiger partial charge is 0.126 e. The molecule has 0 amide bonds. The maximum Gasteiger partial charge on any atom is 0.126 e. The maximum atomic E-state index is 14.0. The molecule has 7 aromatic carbocycles. The molecule has 141 heavy (non-hydrogen) atoms. The lowest BCUT2D eigenvalue weighted by molar-refractivity contribution is 0.0126. The van der Waals surface area contributed by atoms with Crippen LogP contribution in [-0.2, 0) is 44.9 Å². The molecule has 0 aromatic heterocycles. The number of halogens is 1. The first kappa shape index (κ1) is 131. The molecule has 9 rings (SSSR count). The second-order valence-electron chi connectivity index (χ2n) is 42.6. The molecule has 2 aliphatic rings. The second-order valence-corrected chi connectivity index (χ2v) is 42.6. The number of benzene rings is 7. The fourth-order valence-electron chi connectivity index (χ4n) is 20.6. The van der Waals surface area contributed by atoms with E-state index in [1.807, 2.05) is 63.2 Å². The van der Waals surface area contributed by atoms with Crippen LogP contribution in [0, 0.1) is 23.6 Å². The Morgan fingerprint density at radius 1 is 0.255 bits per heavy atom. The first-order valence-electron chi connectivity index (χ1n) is 57.3. The number of hydrogen-bond donors (Lipinski definition) is 11. The highest BCUT2D eigenvalue weighted by atomic mass is 19.1. The standard InChI is InChI=1S/C21H34O.C19H31FO2.2C19H32O2.C17H28O2.C17H26O.C16H26O.CH4/c1-2-10-21(22)20-16-9-15-19(17-20)14-8-7-13-18-11-5-3-4-6-12-18;1-4-7-18(21)16-8-9-17(20)15(14-16)10-13-19(22,11-5-2)12-6-3;2*1-4-8-18(20)17-10-7-9-16(15-17)11-14-19(21,12-5-2)13-6-3;1-4-8-16(18)15-10-7-9-14(13-15)11-12-17(19,5-2)6-3;1-2-6-17(18)16-10-5-9-15(13-16)12-11-14-7-3-4-8-14;1-4-7-16(17)15-11-6-10-14(12-15)9-5-8-13(2)3;/h9,15-18,21-22H,2-8,10-14H2,1H3;8-9,14,18,21-22H,4-7,10-13H2,1-3H3;2*7,9-10,15,18,20-21H,4-6,8,11-14H2,1-3H3;7,9-10,13,16,18-19H,4-6,8,11-12H2,1-3H3;5,9-10,13-14,17-18H,2-4,6-8,11-12H2,1H3;6,10-13,16-17H,4-5,7-9H2,1-3H3;1H4. The van der Waals surface area contributed by atoms with Crippen LogP contribution < -0.4 is 0 Å². The number of unbranched alkanes of at least 4 members (excludes halogenated alkanes) is 1. The number of aryl methyl sites for hydroxylation is 7. The zero-order valence-electron chi connectivity index (χ0n) is 92.1. The summed E-state index contributed by atoms with van der Waals surface area (Å²) in [6.45, 7) is 35.8. The largest absolute Gasteiger partial charge is 0.390 e. The molecule has 0 bridgehead atoms. The van der Waals surface area contributed by atoms with Crippen LogP contribution in [0.25, 0.3) is 0 Å². The number of rotatable bonds is 59. The van der Waals surface area contributed by atoms with E-state index in [1.165, 1.54) is 155 Å². The predicted octanol–water partition coefficient (Wildman–Crippen LogP) is 34.5. The van der Waals surface area contributed by atoms with Gasteiger partial charge in [0.25, 0.3) is 0 Å². The summed E-state index contributed by atoms with van der Waals surface area (Å²) in [7, 11) is 0. The Labute approximate surface area is 863 Å². The molecule has 0 aliphatic heterocycles. The first-order valence-corrected chi connectivity index (χ1v) is 57.3. The van der Waals surface area contributed by atoms with Crippen molar-refractivity contribution in [3.8, 4) is 0 Å². The van der Waals surface area contributed by atoms with Crippen molar-refractivity contribution in [2.45, 2.75) is 543 Å². The quantitative estimate of drug-likeness (QED) is 0.0127. The third-order valence-corrected chi connectivity index (χ3v) is 29.4. The van der Waals surface area contributed by atoms with Crippen molar-refractivity contribution >= 4 is 0 Å². The highest BCUT2D eigenvalue weighted by molar-refractivity contribution is 5.32. The average Bonchev–Trinajstić information content (AvgIpc) is 0.981. The SMILES string of the molecule is C.CCCC(O)c1ccc(F)c(CCC(O)(CCC)CCC)c1.CCCC(O)c1cccc(CCC(O)(CC)CC)c1.CCCC(O)c1cccc(CCC(O)(CCC)CCC)c1.CCCC(O)c1cccc(CCC(O)(CCC)CCC)c1.CCCC(O)c1cccc(CCC2CCCC2)c1.CCCC(O)c1cccc(CCCC(C)C)c1.CCCC(O)c1cccc(CCCCC2CCCCCC2)c1. The van der Waals surface area contributed by atoms with Gasteiger partial charge in [-0.3, -0.25) is 0 Å². The van der Waals surface area contributed by atoms with Gasteiger partial charge in [0, 0.05) is 0 Å². The van der Waals surface area contributed by atoms with Crippen LogP contribution in [0.1, 0.15) is 554 Å². The Morgan fingerprint density at radius 2 is 0.504 bits per heavy atom. The first-order chi connectivity index (χ1) is 67.3. The molecule has 11 N–H and O–H groups in total. The normalized spacial score (nSPS) is 14.6. The van der Waals surface area contributed by atoms with Crippen LogP contribution in [0.5, 0.6) is 0 Å². The maximum absolute atomic E-state index is 14.0. The van der Waals surface area contributed by atoms with Gasteiger partial charge in [0.15, 0.2) is 0 Å². The molecule has 2 fully saturated rings. The van der Waals surface area contributed by atoms with Gasteiger partial charge in [-0.05, 0) is 288 Å². The summed E-state index contributed by atoms with van der Waals surface area (Å²) >= 11 is 0. The zero-order valence-corrected chi connectivity index (χ0v) is 92.1. The topological polar surface area (TPSA) is 223 Å². The molecule has 2 saturated carbocycles. The lowest BCUT2D eigenvalue weighted by Gasteiger charge is -2.27. The second kappa shape index (κ2) is 77.4. The molecule has 11 nitrogen and oxygen atoms in total. The summed E-state index contributed by atoms with van der Waals surface area (Å²) in [5.74, 6) is 2.49. The molecule has 7 unspecified atom stereocenters. The Kier molecular flexibility index (Phi) is 72.0. The summed E-state index contributed by atoms with van der Waals surface area (Å²) in [6, 6.07) is 55.0. The van der Waals surface area contributed by atoms with E-state index in [-0.39, 0.29) is 49.9 Å². The Hall–Kier alpha value is -5.97. The molecule has 0 heterocycles. The van der Waals surface area contributed by atoms with Gasteiger partial charge < -0.3 is 56.2 Å². The molecule has 0 saturated heterocycles. The average molecular weight is 1960 g/mol. The van der Waals surface area contributed by atoms with E-state index >= 15 is 0 Å². The monoisotopic (exact) mass is 1960 g/mol. The molecule has 802 valence electrons. The van der Waals surface area contributed by atoms with E-state index < -0.39 is 28.5 Å². The lowest BCUT2D eigenvalue weighted by atomic mass is 9.86. The fourth-order valence-corrected chi connectivity index (χ4v) is 20.6. The van der Waals surface area contributed by atoms with Crippen molar-refractivity contribution in [2.24, 2.45) is 17.8 Å². The van der Waals surface area contributed by atoms with Crippen molar-refractivity contribution in [1.29, 1.82) is 0 Å². The summed E-state index contributed by atoms with van der Waals surface area (Å²) in [5, 5.41) is 113. The molecule has 0 radical (unpaired) electrons. The van der Waals surface area contributed by atoms with Crippen molar-refractivity contribution < 1.29 is 60.6 Å². The van der Waals surface area contributed by atoms with E-state index in [9.17, 15) is 60.6 Å². The van der Waals surface area contributed by atoms with E-state index in [0.29, 0.717) is 24.8 Å². The molecule has 7 atom stereocenters. The zero-order chi connectivity index (χ0) is 103. The van der Waals surface area contributed by atoms with Gasteiger partial charge in [0.05, 0.1) is 65.1 Å². The molecular formula is C129H213FO11. The van der Waals surface area contributed by atoms with Crippen LogP contribution in [-0.4, -0.2) is 78.6 Å². The minimum atomic E-state index is -0.700. The number of aliphatic hydroxyl groups excluding tert-OH is 7. The summed E-state index contributed by atoms with van der Waals surface area (Å²) in [6.07, 6.45) is 54.7. The molecule has 0 spiro atoms. The Morgan fingerprint density at radius 3 is 0.780 bits per heavy atom. The van der Waals surface area contributed by atoms with Gasteiger partial charge in [0.1, 0.15) is 5.82 Å². The van der Waals surface area contributed by atoms with E-state index in [0.717, 1.165) is 275 Å². The minimum absolute atomic E-state index is 0.